The molecule has 1 amide bonds. The van der Waals surface area contributed by atoms with E-state index < -0.39 is 5.60 Å². The van der Waals surface area contributed by atoms with E-state index in [0.29, 0.717) is 19.7 Å². The third-order valence-electron chi connectivity index (χ3n) is 4.15. The van der Waals surface area contributed by atoms with Crippen molar-refractivity contribution >= 4 is 6.09 Å². The van der Waals surface area contributed by atoms with E-state index in [1.54, 1.807) is 4.90 Å². The van der Waals surface area contributed by atoms with Gasteiger partial charge in [-0.25, -0.2) is 4.79 Å². The summed E-state index contributed by atoms with van der Waals surface area (Å²) in [6.45, 7) is 9.91. The summed E-state index contributed by atoms with van der Waals surface area (Å²) in [5.74, 6) is 0.812. The number of piperidine rings is 1. The number of nitrogens with zero attached hydrogens (tertiary/aromatic N) is 1. The van der Waals surface area contributed by atoms with E-state index in [9.17, 15) is 4.79 Å². The molecule has 5 nitrogen and oxygen atoms in total. The maximum atomic E-state index is 12.1. The summed E-state index contributed by atoms with van der Waals surface area (Å²) in [4.78, 5) is 13.9. The number of hydrogen-bond donors (Lipinski definition) is 1. The van der Waals surface area contributed by atoms with Gasteiger partial charge < -0.3 is 19.7 Å². The van der Waals surface area contributed by atoms with Crippen molar-refractivity contribution in [3.05, 3.63) is 0 Å². The molecule has 122 valence electrons. The molecule has 1 unspecified atom stereocenters. The van der Waals surface area contributed by atoms with Crippen LogP contribution in [0, 0.1) is 5.92 Å². The molecule has 2 fully saturated rings. The van der Waals surface area contributed by atoms with Crippen molar-refractivity contribution in [1.29, 1.82) is 0 Å². The first-order valence-corrected chi connectivity index (χ1v) is 8.24. The Hall–Kier alpha value is -0.810. The van der Waals surface area contributed by atoms with Gasteiger partial charge in [-0.15, -0.1) is 0 Å². The highest BCUT2D eigenvalue weighted by atomic mass is 16.6. The number of carbonyl (C=O) groups excluding carboxylic acids is 1. The zero-order valence-electron chi connectivity index (χ0n) is 13.7. The second kappa shape index (κ2) is 7.45. The van der Waals surface area contributed by atoms with Crippen LogP contribution in [0.2, 0.25) is 0 Å². The predicted molar refractivity (Wildman–Crippen MR) is 82.4 cm³/mol. The van der Waals surface area contributed by atoms with Crippen LogP contribution in [-0.4, -0.2) is 55.5 Å². The average Bonchev–Trinajstić information content (AvgIpc) is 2.45. The number of carbonyl (C=O) groups is 1. The van der Waals surface area contributed by atoms with Crippen molar-refractivity contribution in [1.82, 2.24) is 10.2 Å². The Labute approximate surface area is 128 Å². The van der Waals surface area contributed by atoms with E-state index in [1.807, 2.05) is 20.8 Å². The van der Waals surface area contributed by atoms with Crippen LogP contribution >= 0.6 is 0 Å². The van der Waals surface area contributed by atoms with Crippen molar-refractivity contribution in [3.8, 4) is 0 Å². The molecule has 0 aliphatic carbocycles. The second-order valence-corrected chi connectivity index (χ2v) is 7.19. The van der Waals surface area contributed by atoms with E-state index in [1.165, 1.54) is 19.3 Å². The number of rotatable bonds is 3. The summed E-state index contributed by atoms with van der Waals surface area (Å²) < 4.78 is 11.3. The topological polar surface area (TPSA) is 50.8 Å². The fraction of sp³-hybridized carbons (Fsp3) is 0.938. The summed E-state index contributed by atoms with van der Waals surface area (Å²) in [6.07, 6.45) is 4.74. The molecule has 2 saturated heterocycles. The van der Waals surface area contributed by atoms with Crippen LogP contribution in [0.1, 0.15) is 46.5 Å². The lowest BCUT2D eigenvalue weighted by atomic mass is 9.92. The summed E-state index contributed by atoms with van der Waals surface area (Å²) in [5, 5.41) is 3.40. The van der Waals surface area contributed by atoms with Gasteiger partial charge in [-0.05, 0) is 65.5 Å². The zero-order valence-corrected chi connectivity index (χ0v) is 13.7. The quantitative estimate of drug-likeness (QED) is 0.869. The van der Waals surface area contributed by atoms with Crippen molar-refractivity contribution in [2.75, 3.05) is 32.8 Å². The summed E-state index contributed by atoms with van der Waals surface area (Å²) >= 11 is 0. The summed E-state index contributed by atoms with van der Waals surface area (Å²) in [6, 6.07) is 0. The molecule has 0 saturated carbocycles. The molecule has 0 aromatic carbocycles. The van der Waals surface area contributed by atoms with Gasteiger partial charge >= 0.3 is 6.09 Å². The minimum absolute atomic E-state index is 0.168. The number of hydrogen-bond acceptors (Lipinski definition) is 4. The van der Waals surface area contributed by atoms with Crippen LogP contribution < -0.4 is 5.32 Å². The molecule has 1 N–H and O–H groups in total. The van der Waals surface area contributed by atoms with Crippen LogP contribution in [-0.2, 0) is 9.47 Å². The van der Waals surface area contributed by atoms with Crippen LogP contribution in [0.25, 0.3) is 0 Å². The van der Waals surface area contributed by atoms with E-state index in [2.05, 4.69) is 5.32 Å². The van der Waals surface area contributed by atoms with E-state index in [-0.39, 0.29) is 12.2 Å². The van der Waals surface area contributed by atoms with E-state index in [4.69, 9.17) is 9.47 Å². The average molecular weight is 298 g/mol. The molecule has 2 rings (SSSR count). The van der Waals surface area contributed by atoms with Gasteiger partial charge in [0.15, 0.2) is 0 Å². The third kappa shape index (κ3) is 5.83. The molecule has 1 atom stereocenters. The lowest BCUT2D eigenvalue weighted by molar-refractivity contribution is -0.0464. The molecule has 0 aromatic heterocycles. The molecule has 5 heteroatoms. The van der Waals surface area contributed by atoms with Crippen LogP contribution in [0.3, 0.4) is 0 Å². The number of nitrogens with one attached hydrogen (secondary N) is 1. The van der Waals surface area contributed by atoms with Crippen LogP contribution in [0.5, 0.6) is 0 Å². The highest BCUT2D eigenvalue weighted by Gasteiger charge is 2.28. The first-order chi connectivity index (χ1) is 9.94. The fourth-order valence-corrected chi connectivity index (χ4v) is 2.98. The Bertz CT molecular complexity index is 335. The van der Waals surface area contributed by atoms with E-state index in [0.717, 1.165) is 25.4 Å². The monoisotopic (exact) mass is 298 g/mol. The third-order valence-corrected chi connectivity index (χ3v) is 4.15. The molecule has 0 radical (unpaired) electrons. The predicted octanol–water partition coefficient (Wildman–Crippen LogP) is 2.40. The second-order valence-electron chi connectivity index (χ2n) is 7.19. The van der Waals surface area contributed by atoms with Crippen molar-refractivity contribution in [2.24, 2.45) is 5.92 Å². The van der Waals surface area contributed by atoms with Crippen molar-refractivity contribution in [3.63, 3.8) is 0 Å². The molecule has 2 aliphatic heterocycles. The van der Waals surface area contributed by atoms with Gasteiger partial charge in [-0.2, -0.15) is 0 Å². The Balaban J connectivity index is 1.73. The molecule has 0 bridgehead atoms. The Morgan fingerprint density at radius 2 is 2.00 bits per heavy atom. The molecule has 2 aliphatic rings. The highest BCUT2D eigenvalue weighted by Crippen LogP contribution is 2.22. The Kier molecular flexibility index (Phi) is 5.88. The minimum atomic E-state index is -0.431. The number of morpholine rings is 1. The van der Waals surface area contributed by atoms with Gasteiger partial charge in [-0.1, -0.05) is 0 Å². The van der Waals surface area contributed by atoms with Gasteiger partial charge in [0.1, 0.15) is 5.60 Å². The van der Waals surface area contributed by atoms with Crippen LogP contribution in [0.15, 0.2) is 0 Å². The Morgan fingerprint density at radius 3 is 2.67 bits per heavy atom. The molecular formula is C16H30N2O3. The largest absolute Gasteiger partial charge is 0.444 e. The van der Waals surface area contributed by atoms with Crippen molar-refractivity contribution < 1.29 is 14.3 Å². The lowest BCUT2D eigenvalue weighted by Gasteiger charge is -2.35. The molecular weight excluding hydrogens is 268 g/mol. The van der Waals surface area contributed by atoms with Crippen molar-refractivity contribution in [2.45, 2.75) is 58.2 Å². The fourth-order valence-electron chi connectivity index (χ4n) is 2.98. The van der Waals surface area contributed by atoms with Gasteiger partial charge in [-0.3, -0.25) is 0 Å². The first kappa shape index (κ1) is 16.6. The summed E-state index contributed by atoms with van der Waals surface area (Å²) in [5.41, 5.74) is -0.431. The zero-order chi connectivity index (χ0) is 15.3. The molecule has 2 heterocycles. The maximum absolute atomic E-state index is 12.1. The van der Waals surface area contributed by atoms with Gasteiger partial charge in [0.2, 0.25) is 0 Å². The molecule has 21 heavy (non-hydrogen) atoms. The first-order valence-electron chi connectivity index (χ1n) is 8.24. The van der Waals surface area contributed by atoms with Gasteiger partial charge in [0.25, 0.3) is 0 Å². The highest BCUT2D eigenvalue weighted by molar-refractivity contribution is 5.68. The van der Waals surface area contributed by atoms with Gasteiger partial charge in [0, 0.05) is 6.54 Å². The van der Waals surface area contributed by atoms with Gasteiger partial charge in [0.05, 0.1) is 19.3 Å². The smallest absolute Gasteiger partial charge is 0.410 e. The SMILES string of the molecule is CC(C)(C)OC(=O)N1CCOC(CCC2CCNCC2)C1. The number of amides is 1. The summed E-state index contributed by atoms with van der Waals surface area (Å²) in [7, 11) is 0. The Morgan fingerprint density at radius 1 is 1.29 bits per heavy atom. The number of ether oxygens (including phenoxy) is 2. The van der Waals surface area contributed by atoms with E-state index >= 15 is 0 Å². The molecule has 0 aromatic rings. The lowest BCUT2D eigenvalue weighted by Crippen LogP contribution is -2.47. The molecule has 0 spiro atoms. The standard InChI is InChI=1S/C16H30N2O3/c1-16(2,3)21-15(19)18-10-11-20-14(12-18)5-4-13-6-8-17-9-7-13/h13-14,17H,4-12H2,1-3H3. The minimum Gasteiger partial charge on any atom is -0.444 e. The normalized spacial score (nSPS) is 24.9. The maximum Gasteiger partial charge on any atom is 0.410 e. The van der Waals surface area contributed by atoms with Crippen LogP contribution in [0.4, 0.5) is 4.79 Å².